The summed E-state index contributed by atoms with van der Waals surface area (Å²) in [5.41, 5.74) is 1.12. The van der Waals surface area contributed by atoms with Gasteiger partial charge < -0.3 is 20.1 Å². The van der Waals surface area contributed by atoms with Crippen molar-refractivity contribution in [1.82, 2.24) is 0 Å². The van der Waals surface area contributed by atoms with E-state index in [-0.39, 0.29) is 11.7 Å². The van der Waals surface area contributed by atoms with Crippen molar-refractivity contribution in [1.29, 1.82) is 0 Å². The van der Waals surface area contributed by atoms with E-state index in [1.807, 2.05) is 0 Å². The molecule has 0 heterocycles. The van der Waals surface area contributed by atoms with Crippen LogP contribution >= 0.6 is 0 Å². The molecule has 1 amide bonds. The normalized spacial score (nSPS) is 12.2. The first-order chi connectivity index (χ1) is 12.3. The van der Waals surface area contributed by atoms with Gasteiger partial charge in [0.05, 0.1) is 12.8 Å². The van der Waals surface area contributed by atoms with Crippen LogP contribution in [0.25, 0.3) is 0 Å². The molecule has 0 spiro atoms. The van der Waals surface area contributed by atoms with Crippen LogP contribution in [-0.2, 0) is 4.79 Å². The number of carbonyl (C=O) groups excluding carboxylic acids is 1. The van der Waals surface area contributed by atoms with Crippen LogP contribution in [0, 0.1) is 0 Å². The number of amides is 1. The summed E-state index contributed by atoms with van der Waals surface area (Å²) in [6.07, 6.45) is -4.39. The van der Waals surface area contributed by atoms with Gasteiger partial charge >= 0.3 is 6.18 Å². The fourth-order valence-electron chi connectivity index (χ4n) is 2.12. The Hall–Kier alpha value is -2.90. The van der Waals surface area contributed by atoms with E-state index in [2.05, 4.69) is 15.4 Å². The number of halogens is 3. The molecule has 0 aliphatic carbocycles. The fraction of sp³-hybridized carbons (Fsp3) is 0.278. The lowest BCUT2D eigenvalue weighted by atomic mass is 10.2. The number of benzene rings is 2. The van der Waals surface area contributed by atoms with Gasteiger partial charge in [0.15, 0.2) is 6.61 Å². The van der Waals surface area contributed by atoms with Crippen molar-refractivity contribution < 1.29 is 27.4 Å². The summed E-state index contributed by atoms with van der Waals surface area (Å²) in [5.74, 6) is 0.352. The number of ether oxygens (including phenoxy) is 2. The Morgan fingerprint density at radius 1 is 1.12 bits per heavy atom. The molecular weight excluding hydrogens is 349 g/mol. The molecule has 0 unspecified atom stereocenters. The van der Waals surface area contributed by atoms with Crippen LogP contribution in [0.5, 0.6) is 11.5 Å². The molecule has 0 bridgehead atoms. The number of rotatable bonds is 7. The number of para-hydroxylation sites is 2. The lowest BCUT2D eigenvalue weighted by molar-refractivity contribution is -0.153. The first-order valence-electron chi connectivity index (χ1n) is 7.78. The summed E-state index contributed by atoms with van der Waals surface area (Å²) in [6.45, 7) is 0.316. The van der Waals surface area contributed by atoms with Crippen molar-refractivity contribution in [3.8, 4) is 11.5 Å². The highest BCUT2D eigenvalue weighted by Gasteiger charge is 2.28. The molecular formula is C18H19F3N2O3. The summed E-state index contributed by atoms with van der Waals surface area (Å²) in [4.78, 5) is 12.3. The van der Waals surface area contributed by atoms with Gasteiger partial charge in [-0.3, -0.25) is 4.79 Å². The van der Waals surface area contributed by atoms with Gasteiger partial charge in [0.1, 0.15) is 17.5 Å². The third-order valence-corrected chi connectivity index (χ3v) is 3.40. The molecule has 0 aliphatic heterocycles. The topological polar surface area (TPSA) is 59.6 Å². The van der Waals surface area contributed by atoms with E-state index >= 15 is 0 Å². The Morgan fingerprint density at radius 2 is 1.77 bits per heavy atom. The molecule has 2 aromatic rings. The maximum Gasteiger partial charge on any atom is 0.422 e. The third kappa shape index (κ3) is 5.87. The van der Waals surface area contributed by atoms with E-state index in [9.17, 15) is 18.0 Å². The lowest BCUT2D eigenvalue weighted by Gasteiger charge is -2.17. The Balaban J connectivity index is 1.92. The lowest BCUT2D eigenvalue weighted by Crippen LogP contribution is -2.31. The maximum atomic E-state index is 12.3. The average Bonchev–Trinajstić information content (AvgIpc) is 2.61. The molecule has 2 N–H and O–H groups in total. The first-order valence-corrected chi connectivity index (χ1v) is 7.78. The summed E-state index contributed by atoms with van der Waals surface area (Å²) < 4.78 is 46.2. The molecule has 0 saturated heterocycles. The van der Waals surface area contributed by atoms with Crippen LogP contribution in [0.3, 0.4) is 0 Å². The number of hydrogen-bond donors (Lipinski definition) is 2. The van der Waals surface area contributed by atoms with E-state index in [0.717, 1.165) is 0 Å². The third-order valence-electron chi connectivity index (χ3n) is 3.40. The van der Waals surface area contributed by atoms with E-state index < -0.39 is 18.8 Å². The van der Waals surface area contributed by atoms with E-state index in [4.69, 9.17) is 4.74 Å². The van der Waals surface area contributed by atoms with E-state index in [0.29, 0.717) is 17.1 Å². The number of anilines is 2. The van der Waals surface area contributed by atoms with E-state index in [1.165, 1.54) is 19.2 Å². The van der Waals surface area contributed by atoms with Gasteiger partial charge in [0.25, 0.3) is 0 Å². The van der Waals surface area contributed by atoms with Gasteiger partial charge in [0, 0.05) is 5.69 Å². The van der Waals surface area contributed by atoms with Crippen molar-refractivity contribution >= 4 is 17.3 Å². The van der Waals surface area contributed by atoms with Gasteiger partial charge in [-0.15, -0.1) is 0 Å². The fourth-order valence-corrected chi connectivity index (χ4v) is 2.12. The standard InChI is InChI=1S/C18H19F3N2O3/c1-12(17(24)23-15-5-3-4-6-16(15)25-2)22-13-7-9-14(10-8-13)26-11-18(19,20)21/h3-10,12,22H,11H2,1-2H3,(H,23,24)/t12-/m0/s1. The first kappa shape index (κ1) is 19.4. The second-order valence-electron chi connectivity index (χ2n) is 5.48. The highest BCUT2D eigenvalue weighted by molar-refractivity contribution is 5.97. The molecule has 0 fully saturated rings. The summed E-state index contributed by atoms with van der Waals surface area (Å²) in [7, 11) is 1.51. The average molecular weight is 368 g/mol. The molecule has 0 aliphatic rings. The Bertz CT molecular complexity index is 733. The predicted octanol–water partition coefficient (Wildman–Crippen LogP) is 4.08. The van der Waals surface area contributed by atoms with Crippen molar-refractivity contribution in [2.24, 2.45) is 0 Å². The highest BCUT2D eigenvalue weighted by atomic mass is 19.4. The van der Waals surface area contributed by atoms with Crippen molar-refractivity contribution in [2.75, 3.05) is 24.4 Å². The largest absolute Gasteiger partial charge is 0.495 e. The minimum absolute atomic E-state index is 0.0963. The highest BCUT2D eigenvalue weighted by Crippen LogP contribution is 2.24. The van der Waals surface area contributed by atoms with Crippen LogP contribution in [0.1, 0.15) is 6.92 Å². The second-order valence-corrected chi connectivity index (χ2v) is 5.48. The monoisotopic (exact) mass is 368 g/mol. The molecule has 0 saturated carbocycles. The Kier molecular flexibility index (Phi) is 6.32. The van der Waals surface area contributed by atoms with E-state index in [1.54, 1.807) is 43.3 Å². The molecule has 0 aromatic heterocycles. The Labute approximate surface area is 149 Å². The van der Waals surface area contributed by atoms with Crippen LogP contribution < -0.4 is 20.1 Å². The van der Waals surface area contributed by atoms with Gasteiger partial charge in [0.2, 0.25) is 5.91 Å². The van der Waals surface area contributed by atoms with Gasteiger partial charge in [-0.2, -0.15) is 13.2 Å². The summed E-state index contributed by atoms with van der Waals surface area (Å²) >= 11 is 0. The molecule has 5 nitrogen and oxygen atoms in total. The zero-order valence-electron chi connectivity index (χ0n) is 14.3. The predicted molar refractivity (Wildman–Crippen MR) is 92.7 cm³/mol. The molecule has 140 valence electrons. The number of carbonyl (C=O) groups is 1. The van der Waals surface area contributed by atoms with Gasteiger partial charge in [-0.25, -0.2) is 0 Å². The number of alkyl halides is 3. The smallest absolute Gasteiger partial charge is 0.422 e. The van der Waals surface area contributed by atoms with Gasteiger partial charge in [-0.1, -0.05) is 12.1 Å². The number of hydrogen-bond acceptors (Lipinski definition) is 4. The van der Waals surface area contributed by atoms with Gasteiger partial charge in [-0.05, 0) is 43.3 Å². The minimum Gasteiger partial charge on any atom is -0.495 e. The maximum absolute atomic E-state index is 12.3. The summed E-state index contributed by atoms with van der Waals surface area (Å²) in [5, 5.41) is 5.72. The molecule has 1 atom stereocenters. The van der Waals surface area contributed by atoms with Crippen molar-refractivity contribution in [3.63, 3.8) is 0 Å². The molecule has 26 heavy (non-hydrogen) atoms. The molecule has 0 radical (unpaired) electrons. The zero-order valence-corrected chi connectivity index (χ0v) is 14.3. The minimum atomic E-state index is -4.39. The SMILES string of the molecule is COc1ccccc1NC(=O)[C@H](C)Nc1ccc(OCC(F)(F)F)cc1. The van der Waals surface area contributed by atoms with Crippen LogP contribution in [-0.4, -0.2) is 31.8 Å². The van der Waals surface area contributed by atoms with Crippen LogP contribution in [0.15, 0.2) is 48.5 Å². The molecule has 2 rings (SSSR count). The summed E-state index contributed by atoms with van der Waals surface area (Å²) in [6, 6.07) is 12.3. The van der Waals surface area contributed by atoms with Crippen LogP contribution in [0.2, 0.25) is 0 Å². The van der Waals surface area contributed by atoms with Crippen molar-refractivity contribution in [2.45, 2.75) is 19.1 Å². The Morgan fingerprint density at radius 3 is 2.38 bits per heavy atom. The second kappa shape index (κ2) is 8.46. The zero-order chi connectivity index (χ0) is 19.2. The number of nitrogens with one attached hydrogen (secondary N) is 2. The molecule has 8 heteroatoms. The van der Waals surface area contributed by atoms with Crippen LogP contribution in [0.4, 0.5) is 24.5 Å². The quantitative estimate of drug-likeness (QED) is 0.773. The molecule has 2 aromatic carbocycles. The number of methoxy groups -OCH3 is 1. The van der Waals surface area contributed by atoms with Crippen molar-refractivity contribution in [3.05, 3.63) is 48.5 Å².